The second-order valence-electron chi connectivity index (χ2n) is 8.15. The number of piperidine rings is 1. The van der Waals surface area contributed by atoms with Gasteiger partial charge in [-0.25, -0.2) is 8.42 Å². The van der Waals surface area contributed by atoms with E-state index in [0.717, 1.165) is 16.2 Å². The molecule has 2 aliphatic rings. The maximum absolute atomic E-state index is 13.2. The zero-order valence-electron chi connectivity index (χ0n) is 18.5. The molecule has 0 spiro atoms. The van der Waals surface area contributed by atoms with E-state index in [4.69, 9.17) is 4.74 Å². The zero-order chi connectivity index (χ0) is 23.6. The Morgan fingerprint density at radius 1 is 1.21 bits per heavy atom. The number of hydrogen-bond donors (Lipinski definition) is 2. The van der Waals surface area contributed by atoms with Gasteiger partial charge in [-0.1, -0.05) is 12.1 Å². The number of amides is 2. The Morgan fingerprint density at radius 3 is 2.70 bits per heavy atom. The standard InChI is InChI=1S/C23H27N3O5S2/c1-15-22(27)25-20-13-19(6-7-21(20)32-15)33(29,30)26-10-8-17(9-11-26)23(28)24-14-16-4-3-5-18(12-16)31-2/h3-7,12-13,15,17H,8-11,14H2,1-2H3,(H,24,28)(H,25,27)/t15-/m0/s1. The number of nitrogens with one attached hydrogen (secondary N) is 2. The number of fused-ring (bicyclic) bond motifs is 1. The molecule has 2 N–H and O–H groups in total. The van der Waals surface area contributed by atoms with E-state index in [1.807, 2.05) is 31.2 Å². The van der Waals surface area contributed by atoms with Crippen molar-refractivity contribution in [2.75, 3.05) is 25.5 Å². The lowest BCUT2D eigenvalue weighted by Crippen LogP contribution is -2.42. The van der Waals surface area contributed by atoms with Gasteiger partial charge in [-0.3, -0.25) is 9.59 Å². The van der Waals surface area contributed by atoms with Crippen LogP contribution in [0.25, 0.3) is 0 Å². The molecule has 0 aliphatic carbocycles. The number of carbonyl (C=O) groups is 2. The number of benzene rings is 2. The highest BCUT2D eigenvalue weighted by atomic mass is 32.2. The molecule has 2 aliphatic heterocycles. The fraction of sp³-hybridized carbons (Fsp3) is 0.391. The molecule has 10 heteroatoms. The fourth-order valence-corrected chi connectivity index (χ4v) is 6.40. The summed E-state index contributed by atoms with van der Waals surface area (Å²) in [5, 5.41) is 5.51. The van der Waals surface area contributed by atoms with Crippen LogP contribution < -0.4 is 15.4 Å². The van der Waals surface area contributed by atoms with Gasteiger partial charge in [-0.05, 0) is 55.7 Å². The summed E-state index contributed by atoms with van der Waals surface area (Å²) in [4.78, 5) is 25.6. The van der Waals surface area contributed by atoms with E-state index < -0.39 is 10.0 Å². The van der Waals surface area contributed by atoms with Crippen LogP contribution in [0.5, 0.6) is 5.75 Å². The highest BCUT2D eigenvalue weighted by molar-refractivity contribution is 8.01. The minimum Gasteiger partial charge on any atom is -0.497 e. The van der Waals surface area contributed by atoms with E-state index in [9.17, 15) is 18.0 Å². The Kier molecular flexibility index (Phi) is 6.96. The second-order valence-corrected chi connectivity index (χ2v) is 11.5. The molecule has 2 heterocycles. The van der Waals surface area contributed by atoms with Crippen LogP contribution in [0.3, 0.4) is 0 Å². The van der Waals surface area contributed by atoms with Crippen molar-refractivity contribution >= 4 is 39.3 Å². The Labute approximate surface area is 198 Å². The summed E-state index contributed by atoms with van der Waals surface area (Å²) in [6, 6.07) is 12.3. The first kappa shape index (κ1) is 23.6. The lowest BCUT2D eigenvalue weighted by molar-refractivity contribution is -0.126. The summed E-state index contributed by atoms with van der Waals surface area (Å²) >= 11 is 1.41. The van der Waals surface area contributed by atoms with Crippen molar-refractivity contribution in [1.82, 2.24) is 9.62 Å². The molecule has 8 nitrogen and oxygen atoms in total. The van der Waals surface area contributed by atoms with Gasteiger partial charge < -0.3 is 15.4 Å². The Bertz CT molecular complexity index is 1160. The summed E-state index contributed by atoms with van der Waals surface area (Å²) < 4.78 is 32.9. The van der Waals surface area contributed by atoms with Gasteiger partial charge in [-0.15, -0.1) is 11.8 Å². The predicted octanol–water partition coefficient (Wildman–Crippen LogP) is 2.85. The molecule has 176 valence electrons. The first-order valence-corrected chi connectivity index (χ1v) is 13.1. The van der Waals surface area contributed by atoms with Gasteiger partial charge in [0.25, 0.3) is 0 Å². The third-order valence-corrected chi connectivity index (χ3v) is 9.02. The van der Waals surface area contributed by atoms with Crippen LogP contribution in [0.1, 0.15) is 25.3 Å². The van der Waals surface area contributed by atoms with Gasteiger partial charge in [-0.2, -0.15) is 4.31 Å². The Hall–Kier alpha value is -2.56. The number of carbonyl (C=O) groups excluding carboxylic acids is 2. The average molecular weight is 490 g/mol. The molecule has 1 saturated heterocycles. The van der Waals surface area contributed by atoms with Crippen molar-refractivity contribution < 1.29 is 22.7 Å². The van der Waals surface area contributed by atoms with Crippen LogP contribution in [-0.2, 0) is 26.2 Å². The first-order valence-electron chi connectivity index (χ1n) is 10.8. The molecule has 2 aromatic rings. The lowest BCUT2D eigenvalue weighted by atomic mass is 9.97. The monoisotopic (exact) mass is 489 g/mol. The van der Waals surface area contributed by atoms with E-state index in [2.05, 4.69) is 10.6 Å². The van der Waals surface area contributed by atoms with Crippen molar-refractivity contribution in [3.8, 4) is 5.75 Å². The molecule has 0 unspecified atom stereocenters. The molecule has 2 aromatic carbocycles. The van der Waals surface area contributed by atoms with Crippen LogP contribution in [0, 0.1) is 5.92 Å². The van der Waals surface area contributed by atoms with Gasteiger partial charge in [0.05, 0.1) is 22.9 Å². The number of sulfonamides is 1. The molecule has 0 bridgehead atoms. The highest BCUT2D eigenvalue weighted by Crippen LogP contribution is 2.37. The molecule has 0 aromatic heterocycles. The van der Waals surface area contributed by atoms with Gasteiger partial charge >= 0.3 is 0 Å². The maximum Gasteiger partial charge on any atom is 0.243 e. The largest absolute Gasteiger partial charge is 0.497 e. The molecule has 1 atom stereocenters. The molecule has 4 rings (SSSR count). The number of nitrogens with zero attached hydrogens (tertiary/aromatic N) is 1. The fourth-order valence-electron chi connectivity index (χ4n) is 3.97. The smallest absolute Gasteiger partial charge is 0.243 e. The molecule has 33 heavy (non-hydrogen) atoms. The van der Waals surface area contributed by atoms with Crippen LogP contribution in [0.4, 0.5) is 5.69 Å². The normalized spacial score (nSPS) is 19.5. The lowest BCUT2D eigenvalue weighted by Gasteiger charge is -2.31. The summed E-state index contributed by atoms with van der Waals surface area (Å²) in [6.07, 6.45) is 0.913. The molecular formula is C23H27N3O5S2. The second kappa shape index (κ2) is 9.74. The topological polar surface area (TPSA) is 105 Å². The molecule has 2 amide bonds. The Balaban J connectivity index is 1.35. The van der Waals surface area contributed by atoms with Gasteiger partial charge in [0, 0.05) is 30.4 Å². The van der Waals surface area contributed by atoms with Crippen molar-refractivity contribution in [2.24, 2.45) is 5.92 Å². The number of methoxy groups -OCH3 is 1. The van der Waals surface area contributed by atoms with Crippen molar-refractivity contribution in [3.05, 3.63) is 48.0 Å². The molecule has 0 saturated carbocycles. The van der Waals surface area contributed by atoms with E-state index in [0.29, 0.717) is 25.1 Å². The highest BCUT2D eigenvalue weighted by Gasteiger charge is 2.33. The number of anilines is 1. The predicted molar refractivity (Wildman–Crippen MR) is 127 cm³/mol. The van der Waals surface area contributed by atoms with Crippen LogP contribution in [0.15, 0.2) is 52.3 Å². The minimum absolute atomic E-state index is 0.0718. The van der Waals surface area contributed by atoms with Crippen molar-refractivity contribution in [1.29, 1.82) is 0 Å². The number of rotatable bonds is 6. The number of thioether (sulfide) groups is 1. The van der Waals surface area contributed by atoms with Crippen LogP contribution >= 0.6 is 11.8 Å². The third-order valence-electron chi connectivity index (χ3n) is 5.95. The third kappa shape index (κ3) is 5.18. The first-order chi connectivity index (χ1) is 15.8. The average Bonchev–Trinajstić information content (AvgIpc) is 2.83. The molecule has 0 radical (unpaired) electrons. The van der Waals surface area contributed by atoms with Crippen molar-refractivity contribution in [3.63, 3.8) is 0 Å². The summed E-state index contributed by atoms with van der Waals surface area (Å²) in [5.41, 5.74) is 1.46. The van der Waals surface area contributed by atoms with E-state index in [1.54, 1.807) is 19.2 Å². The van der Waals surface area contributed by atoms with Crippen LogP contribution in [-0.4, -0.2) is 50.0 Å². The van der Waals surface area contributed by atoms with Gasteiger partial charge in [0.15, 0.2) is 0 Å². The summed E-state index contributed by atoms with van der Waals surface area (Å²) in [5.74, 6) is 0.290. The quantitative estimate of drug-likeness (QED) is 0.647. The Morgan fingerprint density at radius 2 is 1.97 bits per heavy atom. The van der Waals surface area contributed by atoms with E-state index in [1.165, 1.54) is 22.1 Å². The van der Waals surface area contributed by atoms with Gasteiger partial charge in [0.1, 0.15) is 5.75 Å². The van der Waals surface area contributed by atoms with Crippen LogP contribution in [0.2, 0.25) is 0 Å². The summed E-state index contributed by atoms with van der Waals surface area (Å²) in [6.45, 7) is 2.75. The SMILES string of the molecule is COc1cccc(CNC(=O)C2CCN(S(=O)(=O)c3ccc4c(c3)NC(=O)[C@H](C)S4)CC2)c1. The van der Waals surface area contributed by atoms with Gasteiger partial charge in [0.2, 0.25) is 21.8 Å². The molecule has 1 fully saturated rings. The number of hydrogen-bond acceptors (Lipinski definition) is 6. The van der Waals surface area contributed by atoms with E-state index >= 15 is 0 Å². The van der Waals surface area contributed by atoms with Crippen molar-refractivity contribution in [2.45, 2.75) is 41.4 Å². The minimum atomic E-state index is -3.71. The zero-order valence-corrected chi connectivity index (χ0v) is 20.2. The summed E-state index contributed by atoms with van der Waals surface area (Å²) in [7, 11) is -2.12. The van der Waals surface area contributed by atoms with E-state index in [-0.39, 0.29) is 41.0 Å². The number of ether oxygens (including phenoxy) is 1. The molecular weight excluding hydrogens is 462 g/mol. The maximum atomic E-state index is 13.2.